The van der Waals surface area contributed by atoms with Crippen molar-refractivity contribution in [2.24, 2.45) is 5.92 Å². The second kappa shape index (κ2) is 5.79. The largest absolute Gasteiger partial charge is 0.480 e. The van der Waals surface area contributed by atoms with E-state index in [1.165, 1.54) is 33.1 Å². The van der Waals surface area contributed by atoms with Gasteiger partial charge in [-0.15, -0.1) is 11.3 Å². The highest BCUT2D eigenvalue weighted by atomic mass is 32.1. The molecule has 1 heterocycles. The SMILES string of the molecule is CCN(C(=O)c1cc2c(s1)CCC(C)C2)C(C)(C)C(=O)O. The van der Waals surface area contributed by atoms with Crippen LogP contribution in [-0.2, 0) is 17.6 Å². The van der Waals surface area contributed by atoms with Gasteiger partial charge in [0.2, 0.25) is 0 Å². The number of rotatable bonds is 4. The van der Waals surface area contributed by atoms with Crippen LogP contribution in [0.5, 0.6) is 0 Å². The van der Waals surface area contributed by atoms with Crippen molar-refractivity contribution < 1.29 is 14.7 Å². The number of carbonyl (C=O) groups is 2. The van der Waals surface area contributed by atoms with Crippen molar-refractivity contribution in [3.63, 3.8) is 0 Å². The Hall–Kier alpha value is -1.36. The molecule has 1 atom stereocenters. The fourth-order valence-electron chi connectivity index (χ4n) is 2.85. The summed E-state index contributed by atoms with van der Waals surface area (Å²) in [7, 11) is 0. The molecule has 0 fully saturated rings. The molecule has 0 spiro atoms. The van der Waals surface area contributed by atoms with Crippen LogP contribution >= 0.6 is 11.3 Å². The molecule has 1 aliphatic carbocycles. The van der Waals surface area contributed by atoms with Gasteiger partial charge < -0.3 is 10.0 Å². The van der Waals surface area contributed by atoms with Crippen LogP contribution < -0.4 is 0 Å². The van der Waals surface area contributed by atoms with E-state index in [-0.39, 0.29) is 5.91 Å². The van der Waals surface area contributed by atoms with Crippen LogP contribution in [0.15, 0.2) is 6.07 Å². The van der Waals surface area contributed by atoms with Crippen molar-refractivity contribution in [1.82, 2.24) is 4.90 Å². The van der Waals surface area contributed by atoms with Gasteiger partial charge in [0.15, 0.2) is 0 Å². The maximum Gasteiger partial charge on any atom is 0.329 e. The van der Waals surface area contributed by atoms with E-state index in [1.807, 2.05) is 13.0 Å². The summed E-state index contributed by atoms with van der Waals surface area (Å²) < 4.78 is 0. The minimum absolute atomic E-state index is 0.169. The van der Waals surface area contributed by atoms with Crippen LogP contribution in [0.1, 0.15) is 54.2 Å². The Bertz CT molecular complexity index is 562. The van der Waals surface area contributed by atoms with Gasteiger partial charge in [-0.25, -0.2) is 4.79 Å². The number of carboxylic acids is 1. The molecular formula is C16H23NO3S. The molecule has 1 aliphatic rings. The molecule has 0 aromatic carbocycles. The van der Waals surface area contributed by atoms with Gasteiger partial charge in [0.1, 0.15) is 5.54 Å². The van der Waals surface area contributed by atoms with Crippen molar-refractivity contribution >= 4 is 23.2 Å². The summed E-state index contributed by atoms with van der Waals surface area (Å²) in [4.78, 5) is 27.5. The summed E-state index contributed by atoms with van der Waals surface area (Å²) in [5, 5.41) is 9.34. The first-order chi connectivity index (χ1) is 9.77. The number of fused-ring (bicyclic) bond motifs is 1. The molecule has 0 radical (unpaired) electrons. The maximum atomic E-state index is 12.7. The number of hydrogen-bond donors (Lipinski definition) is 1. The predicted octanol–water partition coefficient (Wildman–Crippen LogP) is 3.20. The van der Waals surface area contributed by atoms with Gasteiger partial charge in [0.25, 0.3) is 5.91 Å². The highest BCUT2D eigenvalue weighted by Gasteiger charge is 2.38. The van der Waals surface area contributed by atoms with Crippen molar-refractivity contribution in [2.45, 2.75) is 52.5 Å². The molecule has 1 aromatic rings. The zero-order valence-corrected chi connectivity index (χ0v) is 13.9. The lowest BCUT2D eigenvalue weighted by Gasteiger charge is -2.33. The lowest BCUT2D eigenvalue weighted by atomic mass is 9.90. The molecule has 0 bridgehead atoms. The van der Waals surface area contributed by atoms with E-state index < -0.39 is 11.5 Å². The van der Waals surface area contributed by atoms with Crippen molar-refractivity contribution in [2.75, 3.05) is 6.54 Å². The summed E-state index contributed by atoms with van der Waals surface area (Å²) in [5.74, 6) is -0.489. The Balaban J connectivity index is 2.29. The second-order valence-corrected chi connectivity index (χ2v) is 7.46. The van der Waals surface area contributed by atoms with Gasteiger partial charge >= 0.3 is 5.97 Å². The van der Waals surface area contributed by atoms with Gasteiger partial charge in [0.05, 0.1) is 4.88 Å². The smallest absolute Gasteiger partial charge is 0.329 e. The zero-order valence-electron chi connectivity index (χ0n) is 13.1. The molecule has 1 aromatic heterocycles. The third-order valence-electron chi connectivity index (χ3n) is 4.30. The van der Waals surface area contributed by atoms with Gasteiger partial charge in [-0.1, -0.05) is 6.92 Å². The molecule has 1 amide bonds. The number of thiophene rings is 1. The summed E-state index contributed by atoms with van der Waals surface area (Å²) >= 11 is 1.53. The van der Waals surface area contributed by atoms with Gasteiger partial charge in [-0.3, -0.25) is 4.79 Å². The Morgan fingerprint density at radius 2 is 2.14 bits per heavy atom. The molecule has 1 N–H and O–H groups in total. The number of amides is 1. The van der Waals surface area contributed by atoms with Gasteiger partial charge in [-0.2, -0.15) is 0 Å². The van der Waals surface area contributed by atoms with Crippen LogP contribution in [0, 0.1) is 5.92 Å². The first kappa shape index (κ1) is 16.0. The second-order valence-electron chi connectivity index (χ2n) is 6.32. The fraction of sp³-hybridized carbons (Fsp3) is 0.625. The Morgan fingerprint density at radius 3 is 2.71 bits per heavy atom. The minimum Gasteiger partial charge on any atom is -0.480 e. The molecule has 0 saturated carbocycles. The van der Waals surface area contributed by atoms with Crippen LogP contribution in [-0.4, -0.2) is 34.0 Å². The normalized spacial score (nSPS) is 18.2. The first-order valence-corrected chi connectivity index (χ1v) is 8.26. The molecular weight excluding hydrogens is 286 g/mol. The molecule has 0 saturated heterocycles. The van der Waals surface area contributed by atoms with Gasteiger partial charge in [-0.05, 0) is 57.6 Å². The molecule has 2 rings (SSSR count). The molecule has 0 aliphatic heterocycles. The number of aryl methyl sites for hydroxylation is 1. The number of hydrogen-bond acceptors (Lipinski definition) is 3. The van der Waals surface area contributed by atoms with Gasteiger partial charge in [0, 0.05) is 11.4 Å². The van der Waals surface area contributed by atoms with E-state index in [0.717, 1.165) is 12.8 Å². The summed E-state index contributed by atoms with van der Waals surface area (Å²) in [6.07, 6.45) is 3.22. The van der Waals surface area contributed by atoms with Crippen LogP contribution in [0.25, 0.3) is 0 Å². The number of carbonyl (C=O) groups excluding carboxylic acids is 1. The topological polar surface area (TPSA) is 57.6 Å². The summed E-state index contributed by atoms with van der Waals surface area (Å²) in [6.45, 7) is 7.59. The third kappa shape index (κ3) is 2.98. The molecule has 116 valence electrons. The Kier molecular flexibility index (Phi) is 4.42. The van der Waals surface area contributed by atoms with Crippen molar-refractivity contribution in [3.8, 4) is 0 Å². The van der Waals surface area contributed by atoms with E-state index in [1.54, 1.807) is 13.8 Å². The third-order valence-corrected chi connectivity index (χ3v) is 5.52. The zero-order chi connectivity index (χ0) is 15.8. The monoisotopic (exact) mass is 309 g/mol. The Labute approximate surface area is 129 Å². The average Bonchev–Trinajstić information content (AvgIpc) is 2.81. The van der Waals surface area contributed by atoms with E-state index in [9.17, 15) is 14.7 Å². The predicted molar refractivity (Wildman–Crippen MR) is 83.9 cm³/mol. The fourth-order valence-corrected chi connectivity index (χ4v) is 4.01. The van der Waals surface area contributed by atoms with Crippen LogP contribution in [0.2, 0.25) is 0 Å². The lowest BCUT2D eigenvalue weighted by molar-refractivity contribution is -0.147. The highest BCUT2D eigenvalue weighted by Crippen LogP contribution is 2.33. The quantitative estimate of drug-likeness (QED) is 0.929. The van der Waals surface area contributed by atoms with Crippen LogP contribution in [0.4, 0.5) is 0 Å². The number of aliphatic carboxylic acids is 1. The van der Waals surface area contributed by atoms with E-state index >= 15 is 0 Å². The van der Waals surface area contributed by atoms with E-state index in [4.69, 9.17) is 0 Å². The van der Waals surface area contributed by atoms with E-state index in [0.29, 0.717) is 17.3 Å². The lowest BCUT2D eigenvalue weighted by Crippen LogP contribution is -2.52. The summed E-state index contributed by atoms with van der Waals surface area (Å²) in [6, 6.07) is 1.97. The number of likely N-dealkylation sites (N-methyl/N-ethyl adjacent to an activating group) is 1. The first-order valence-electron chi connectivity index (χ1n) is 7.44. The number of carboxylic acid groups (broad SMARTS) is 1. The maximum absolute atomic E-state index is 12.7. The summed E-state index contributed by atoms with van der Waals surface area (Å²) in [5.41, 5.74) is 0.0789. The minimum atomic E-state index is -1.19. The Morgan fingerprint density at radius 1 is 1.48 bits per heavy atom. The highest BCUT2D eigenvalue weighted by molar-refractivity contribution is 7.14. The molecule has 5 heteroatoms. The molecule has 21 heavy (non-hydrogen) atoms. The van der Waals surface area contributed by atoms with Crippen LogP contribution in [0.3, 0.4) is 0 Å². The standard InChI is InChI=1S/C16H23NO3S/c1-5-17(16(3,4)15(19)20)14(18)13-9-11-8-10(2)6-7-12(11)21-13/h9-10H,5-8H2,1-4H3,(H,19,20). The molecule has 4 nitrogen and oxygen atoms in total. The number of nitrogens with zero attached hydrogens (tertiary/aromatic N) is 1. The van der Waals surface area contributed by atoms with E-state index in [2.05, 4.69) is 6.92 Å². The average molecular weight is 309 g/mol. The molecule has 1 unspecified atom stereocenters. The van der Waals surface area contributed by atoms with Crippen molar-refractivity contribution in [1.29, 1.82) is 0 Å². The van der Waals surface area contributed by atoms with Crippen molar-refractivity contribution in [3.05, 3.63) is 21.4 Å².